The number of methoxy groups -OCH3 is 1. The molecular weight excluding hydrogens is 439 g/mol. The Balaban J connectivity index is 1.57. The van der Waals surface area contributed by atoms with Crippen molar-refractivity contribution in [3.63, 3.8) is 0 Å². The molecular formula is C31H31FO3. The molecule has 0 unspecified atom stereocenters. The van der Waals surface area contributed by atoms with Crippen molar-refractivity contribution in [1.82, 2.24) is 0 Å². The first-order chi connectivity index (χ1) is 16.9. The molecule has 3 nitrogen and oxygen atoms in total. The minimum atomic E-state index is -0.926. The van der Waals surface area contributed by atoms with Gasteiger partial charge in [-0.2, -0.15) is 0 Å². The van der Waals surface area contributed by atoms with Crippen molar-refractivity contribution in [2.75, 3.05) is 7.11 Å². The van der Waals surface area contributed by atoms with Crippen LogP contribution < -0.4 is 4.74 Å². The number of benzene rings is 4. The van der Waals surface area contributed by atoms with Crippen molar-refractivity contribution in [2.24, 2.45) is 0 Å². The van der Waals surface area contributed by atoms with E-state index in [2.05, 4.69) is 43.3 Å². The van der Waals surface area contributed by atoms with Gasteiger partial charge < -0.3 is 9.84 Å². The van der Waals surface area contributed by atoms with Gasteiger partial charge in [0.15, 0.2) is 0 Å². The summed E-state index contributed by atoms with van der Waals surface area (Å²) in [6.07, 6.45) is 3.13. The molecule has 0 radical (unpaired) electrons. The van der Waals surface area contributed by atoms with Crippen molar-refractivity contribution in [3.8, 4) is 16.9 Å². The summed E-state index contributed by atoms with van der Waals surface area (Å²) in [6.45, 7) is 2.25. The summed E-state index contributed by atoms with van der Waals surface area (Å²) in [6, 6.07) is 26.0. The summed E-state index contributed by atoms with van der Waals surface area (Å²) in [4.78, 5) is 11.0. The fraction of sp³-hybridized carbons (Fsp3) is 0.258. The Labute approximate surface area is 206 Å². The highest BCUT2D eigenvalue weighted by Crippen LogP contribution is 2.33. The zero-order valence-corrected chi connectivity index (χ0v) is 20.3. The van der Waals surface area contributed by atoms with Gasteiger partial charge in [-0.05, 0) is 94.5 Å². The first-order valence-electron chi connectivity index (χ1n) is 12.1. The molecule has 4 aromatic carbocycles. The van der Waals surface area contributed by atoms with Crippen LogP contribution in [0.1, 0.15) is 48.8 Å². The van der Waals surface area contributed by atoms with Gasteiger partial charge in [0.05, 0.1) is 7.11 Å². The molecule has 0 fully saturated rings. The first kappa shape index (κ1) is 24.5. The molecule has 0 saturated heterocycles. The Kier molecular flexibility index (Phi) is 7.81. The Morgan fingerprint density at radius 3 is 2.60 bits per heavy atom. The van der Waals surface area contributed by atoms with E-state index < -0.39 is 5.97 Å². The molecule has 0 bridgehead atoms. The fourth-order valence-corrected chi connectivity index (χ4v) is 4.66. The maximum atomic E-state index is 14.4. The third kappa shape index (κ3) is 6.07. The van der Waals surface area contributed by atoms with Gasteiger partial charge in [0.1, 0.15) is 11.6 Å². The summed E-state index contributed by atoms with van der Waals surface area (Å²) in [5, 5.41) is 11.3. The summed E-state index contributed by atoms with van der Waals surface area (Å²) in [7, 11) is 1.69. The molecule has 4 heteroatoms. The number of hydrogen-bond acceptors (Lipinski definition) is 2. The van der Waals surface area contributed by atoms with Crippen molar-refractivity contribution in [1.29, 1.82) is 0 Å². The second kappa shape index (κ2) is 11.2. The number of carboxylic acids is 1. The van der Waals surface area contributed by atoms with Crippen LogP contribution in [0.15, 0.2) is 78.9 Å². The average Bonchev–Trinajstić information content (AvgIpc) is 2.87. The van der Waals surface area contributed by atoms with Crippen molar-refractivity contribution >= 4 is 16.7 Å². The van der Waals surface area contributed by atoms with Crippen LogP contribution >= 0.6 is 0 Å². The van der Waals surface area contributed by atoms with Gasteiger partial charge in [0.2, 0.25) is 0 Å². The van der Waals surface area contributed by atoms with Crippen LogP contribution in [0.3, 0.4) is 0 Å². The quantitative estimate of drug-likeness (QED) is 0.257. The highest BCUT2D eigenvalue weighted by atomic mass is 19.1. The van der Waals surface area contributed by atoms with Crippen molar-refractivity contribution in [2.45, 2.75) is 44.9 Å². The number of aliphatic carboxylic acids is 1. The number of carbonyl (C=O) groups is 1. The van der Waals surface area contributed by atoms with Gasteiger partial charge >= 0.3 is 5.97 Å². The number of fused-ring (bicyclic) bond motifs is 1. The predicted octanol–water partition coefficient (Wildman–Crippen LogP) is 7.80. The van der Waals surface area contributed by atoms with Gasteiger partial charge in [-0.15, -0.1) is 0 Å². The minimum Gasteiger partial charge on any atom is -0.497 e. The summed E-state index contributed by atoms with van der Waals surface area (Å²) in [5.41, 5.74) is 4.92. The smallest absolute Gasteiger partial charge is 0.303 e. The molecule has 4 rings (SSSR count). The molecule has 0 aliphatic heterocycles. The lowest BCUT2D eigenvalue weighted by Crippen LogP contribution is -2.00. The normalized spacial score (nSPS) is 12.0. The molecule has 0 aromatic heterocycles. The average molecular weight is 471 g/mol. The van der Waals surface area contributed by atoms with Gasteiger partial charge in [0, 0.05) is 6.42 Å². The second-order valence-electron chi connectivity index (χ2n) is 9.13. The molecule has 1 N–H and O–H groups in total. The Hall–Kier alpha value is -3.66. The Morgan fingerprint density at radius 1 is 0.971 bits per heavy atom. The van der Waals surface area contributed by atoms with Crippen molar-refractivity contribution in [3.05, 3.63) is 101 Å². The standard InChI is InChI=1S/C31H31FO3/c1-21(23-10-6-11-27(20-23)35-2)7-5-8-22-17-24-9-3-4-12-28(24)29(18-22)25-13-15-30(32)26(19-25)14-16-31(33)34/h3-4,6,9-13,15,17-21H,5,7-8,14,16H2,1-2H3,(H,33,34)/t21-/m0/s1. The molecule has 4 aromatic rings. The Morgan fingerprint density at radius 2 is 1.80 bits per heavy atom. The van der Waals surface area contributed by atoms with Crippen molar-refractivity contribution < 1.29 is 19.0 Å². The number of ether oxygens (including phenoxy) is 1. The van der Waals surface area contributed by atoms with Crippen LogP contribution in [0.25, 0.3) is 21.9 Å². The lowest BCUT2D eigenvalue weighted by molar-refractivity contribution is -0.136. The Bertz CT molecular complexity index is 1330. The number of aryl methyl sites for hydroxylation is 2. The fourth-order valence-electron chi connectivity index (χ4n) is 4.66. The number of halogens is 1. The van der Waals surface area contributed by atoms with Crippen LogP contribution in [0, 0.1) is 5.82 Å². The molecule has 180 valence electrons. The van der Waals surface area contributed by atoms with E-state index in [1.54, 1.807) is 19.2 Å². The topological polar surface area (TPSA) is 46.5 Å². The van der Waals surface area contributed by atoms with Gasteiger partial charge in [-0.1, -0.05) is 61.5 Å². The number of rotatable bonds is 10. The molecule has 0 aliphatic rings. The number of carboxylic acid groups (broad SMARTS) is 1. The largest absolute Gasteiger partial charge is 0.497 e. The highest BCUT2D eigenvalue weighted by Gasteiger charge is 2.12. The summed E-state index contributed by atoms with van der Waals surface area (Å²) in [5.74, 6) is 0.0295. The summed E-state index contributed by atoms with van der Waals surface area (Å²) < 4.78 is 19.7. The molecule has 0 heterocycles. The third-order valence-electron chi connectivity index (χ3n) is 6.65. The molecule has 0 aliphatic carbocycles. The van der Waals surface area contributed by atoms with Crippen LogP contribution in [0.5, 0.6) is 5.75 Å². The van der Waals surface area contributed by atoms with E-state index in [0.717, 1.165) is 46.9 Å². The highest BCUT2D eigenvalue weighted by molar-refractivity contribution is 5.97. The SMILES string of the molecule is COc1cccc([C@@H](C)CCCc2cc(-c3ccc(F)c(CCC(=O)O)c3)c3ccccc3c2)c1. The predicted molar refractivity (Wildman–Crippen MR) is 140 cm³/mol. The van der Waals surface area contributed by atoms with E-state index in [-0.39, 0.29) is 18.7 Å². The monoisotopic (exact) mass is 470 g/mol. The van der Waals surface area contributed by atoms with E-state index >= 15 is 0 Å². The van der Waals surface area contributed by atoms with Crippen LogP contribution in [0.2, 0.25) is 0 Å². The van der Waals surface area contributed by atoms with E-state index in [1.165, 1.54) is 17.2 Å². The second-order valence-corrected chi connectivity index (χ2v) is 9.13. The third-order valence-corrected chi connectivity index (χ3v) is 6.65. The lowest BCUT2D eigenvalue weighted by Gasteiger charge is -2.15. The van der Waals surface area contributed by atoms with E-state index in [1.807, 2.05) is 24.3 Å². The lowest BCUT2D eigenvalue weighted by atomic mass is 9.91. The van der Waals surface area contributed by atoms with Gasteiger partial charge in [-0.3, -0.25) is 4.79 Å². The molecule has 35 heavy (non-hydrogen) atoms. The summed E-state index contributed by atoms with van der Waals surface area (Å²) >= 11 is 0. The van der Waals surface area contributed by atoms with E-state index in [0.29, 0.717) is 11.5 Å². The number of hydrogen-bond donors (Lipinski definition) is 1. The van der Waals surface area contributed by atoms with E-state index in [4.69, 9.17) is 9.84 Å². The minimum absolute atomic E-state index is 0.0906. The maximum absolute atomic E-state index is 14.4. The molecule has 0 saturated carbocycles. The van der Waals surface area contributed by atoms with Crippen LogP contribution in [-0.4, -0.2) is 18.2 Å². The van der Waals surface area contributed by atoms with E-state index in [9.17, 15) is 9.18 Å². The van der Waals surface area contributed by atoms with Gasteiger partial charge in [-0.25, -0.2) is 4.39 Å². The zero-order valence-electron chi connectivity index (χ0n) is 20.3. The first-order valence-corrected chi connectivity index (χ1v) is 12.1. The van der Waals surface area contributed by atoms with Crippen LogP contribution in [-0.2, 0) is 17.6 Å². The molecule has 0 amide bonds. The maximum Gasteiger partial charge on any atom is 0.303 e. The molecule has 0 spiro atoms. The van der Waals surface area contributed by atoms with Crippen LogP contribution in [0.4, 0.5) is 4.39 Å². The molecule has 1 atom stereocenters. The zero-order chi connectivity index (χ0) is 24.8. The van der Waals surface area contributed by atoms with Gasteiger partial charge in [0.25, 0.3) is 0 Å².